The number of rotatable bonds is 4. The largest absolute Gasteiger partial charge is 0.385 e. The van der Waals surface area contributed by atoms with E-state index in [2.05, 4.69) is 15.0 Å². The van der Waals surface area contributed by atoms with E-state index in [9.17, 15) is 9.90 Å². The molecule has 2 aromatic heterocycles. The Balaban J connectivity index is 1.42. The number of benzene rings is 1. The highest BCUT2D eigenvalue weighted by Crippen LogP contribution is 2.30. The highest BCUT2D eigenvalue weighted by atomic mass is 16.3. The molecule has 0 spiro atoms. The second-order valence-corrected chi connectivity index (χ2v) is 7.18. The van der Waals surface area contributed by atoms with E-state index >= 15 is 0 Å². The fourth-order valence-corrected chi connectivity index (χ4v) is 3.75. The van der Waals surface area contributed by atoms with E-state index in [1.165, 1.54) is 6.33 Å². The first-order valence-electron chi connectivity index (χ1n) is 9.43. The minimum absolute atomic E-state index is 0.0173. The first-order valence-corrected chi connectivity index (χ1v) is 9.43. The van der Waals surface area contributed by atoms with Crippen LogP contribution in [0.2, 0.25) is 0 Å². The molecule has 1 atom stereocenters. The molecule has 1 aliphatic heterocycles. The standard InChI is InChI=1S/C21H23N5O2/c1-25-10-7-24-20(25)19(27)15-5-8-26(9-6-15)21(28)17-4-2-3-16(11-17)18-12-22-14-23-13-18/h2-4,7,10-15,19,27H,5-6,8-9H2,1H3. The molecular weight excluding hydrogens is 354 g/mol. The number of aryl methyl sites for hydroxylation is 1. The Hall–Kier alpha value is -3.06. The Kier molecular flexibility index (Phi) is 5.16. The number of hydrogen-bond acceptors (Lipinski definition) is 5. The maximum Gasteiger partial charge on any atom is 0.253 e. The number of hydrogen-bond donors (Lipinski definition) is 1. The van der Waals surface area contributed by atoms with Crippen LogP contribution in [-0.4, -0.2) is 48.5 Å². The van der Waals surface area contributed by atoms with Gasteiger partial charge in [-0.1, -0.05) is 12.1 Å². The number of carbonyl (C=O) groups is 1. The lowest BCUT2D eigenvalue weighted by Crippen LogP contribution is -2.40. The molecule has 7 heteroatoms. The number of piperidine rings is 1. The molecule has 0 radical (unpaired) electrons. The van der Waals surface area contributed by atoms with Gasteiger partial charge < -0.3 is 14.6 Å². The van der Waals surface area contributed by atoms with E-state index in [0.717, 1.165) is 24.0 Å². The van der Waals surface area contributed by atoms with Gasteiger partial charge in [-0.2, -0.15) is 0 Å². The molecule has 0 aliphatic carbocycles. The van der Waals surface area contributed by atoms with Crippen LogP contribution in [0.5, 0.6) is 0 Å². The molecule has 1 aliphatic rings. The number of imidazole rings is 1. The number of nitrogens with zero attached hydrogens (tertiary/aromatic N) is 5. The average Bonchev–Trinajstić information content (AvgIpc) is 3.19. The van der Waals surface area contributed by atoms with Crippen molar-refractivity contribution in [2.24, 2.45) is 13.0 Å². The highest BCUT2D eigenvalue weighted by Gasteiger charge is 2.30. The number of carbonyl (C=O) groups excluding carboxylic acids is 1. The summed E-state index contributed by atoms with van der Waals surface area (Å²) in [5.41, 5.74) is 2.46. The fraction of sp³-hybridized carbons (Fsp3) is 0.333. The van der Waals surface area contributed by atoms with Crippen LogP contribution in [0, 0.1) is 5.92 Å². The number of aromatic nitrogens is 4. The lowest BCUT2D eigenvalue weighted by Gasteiger charge is -2.34. The molecular formula is C21H23N5O2. The van der Waals surface area contributed by atoms with E-state index in [-0.39, 0.29) is 11.8 Å². The van der Waals surface area contributed by atoms with Crippen molar-refractivity contribution >= 4 is 5.91 Å². The lowest BCUT2D eigenvalue weighted by atomic mass is 9.90. The summed E-state index contributed by atoms with van der Waals surface area (Å²) in [6.45, 7) is 1.26. The fourth-order valence-electron chi connectivity index (χ4n) is 3.75. The van der Waals surface area contributed by atoms with Gasteiger partial charge in [0.05, 0.1) is 0 Å². The van der Waals surface area contributed by atoms with Crippen molar-refractivity contribution < 1.29 is 9.90 Å². The summed E-state index contributed by atoms with van der Waals surface area (Å²) in [6.07, 6.45) is 9.41. The minimum atomic E-state index is -0.598. The van der Waals surface area contributed by atoms with Gasteiger partial charge in [0.25, 0.3) is 5.91 Å². The third-order valence-corrected chi connectivity index (χ3v) is 5.40. The van der Waals surface area contributed by atoms with Crippen molar-refractivity contribution in [2.45, 2.75) is 18.9 Å². The van der Waals surface area contributed by atoms with Gasteiger partial charge in [0.15, 0.2) is 0 Å². The van der Waals surface area contributed by atoms with Crippen LogP contribution in [0.25, 0.3) is 11.1 Å². The summed E-state index contributed by atoms with van der Waals surface area (Å²) in [4.78, 5) is 27.2. The van der Waals surface area contributed by atoms with E-state index < -0.39 is 6.10 Å². The van der Waals surface area contributed by atoms with Crippen LogP contribution in [0.15, 0.2) is 55.4 Å². The van der Waals surface area contributed by atoms with Gasteiger partial charge in [0, 0.05) is 56.1 Å². The number of aliphatic hydroxyl groups excluding tert-OH is 1. The van der Waals surface area contributed by atoms with E-state index in [0.29, 0.717) is 24.5 Å². The Morgan fingerprint density at radius 3 is 2.61 bits per heavy atom. The van der Waals surface area contributed by atoms with Crippen LogP contribution in [-0.2, 0) is 7.05 Å². The second-order valence-electron chi connectivity index (χ2n) is 7.18. The van der Waals surface area contributed by atoms with Gasteiger partial charge in [-0.05, 0) is 36.5 Å². The summed E-state index contributed by atoms with van der Waals surface area (Å²) >= 11 is 0. The Labute approximate surface area is 163 Å². The number of amides is 1. The van der Waals surface area contributed by atoms with Crippen molar-refractivity contribution in [1.82, 2.24) is 24.4 Å². The summed E-state index contributed by atoms with van der Waals surface area (Å²) in [6, 6.07) is 7.55. The summed E-state index contributed by atoms with van der Waals surface area (Å²) < 4.78 is 1.85. The molecule has 0 saturated carbocycles. The Morgan fingerprint density at radius 2 is 1.93 bits per heavy atom. The van der Waals surface area contributed by atoms with Gasteiger partial charge >= 0.3 is 0 Å². The molecule has 1 aromatic carbocycles. The van der Waals surface area contributed by atoms with Crippen LogP contribution < -0.4 is 0 Å². The topological polar surface area (TPSA) is 84.1 Å². The molecule has 1 amide bonds. The molecule has 7 nitrogen and oxygen atoms in total. The van der Waals surface area contributed by atoms with Crippen molar-refractivity contribution in [2.75, 3.05) is 13.1 Å². The van der Waals surface area contributed by atoms with E-state index in [4.69, 9.17) is 0 Å². The summed E-state index contributed by atoms with van der Waals surface area (Å²) in [5.74, 6) is 0.809. The molecule has 1 fully saturated rings. The van der Waals surface area contributed by atoms with Crippen LogP contribution in [0.3, 0.4) is 0 Å². The molecule has 1 N–H and O–H groups in total. The molecule has 1 unspecified atom stereocenters. The summed E-state index contributed by atoms with van der Waals surface area (Å²) in [7, 11) is 1.88. The van der Waals surface area contributed by atoms with Gasteiger partial charge in [-0.3, -0.25) is 4.79 Å². The zero-order valence-corrected chi connectivity index (χ0v) is 15.8. The van der Waals surface area contributed by atoms with Crippen LogP contribution >= 0.6 is 0 Å². The van der Waals surface area contributed by atoms with Crippen molar-refractivity contribution in [3.8, 4) is 11.1 Å². The van der Waals surface area contributed by atoms with Crippen LogP contribution in [0.1, 0.15) is 35.1 Å². The molecule has 4 rings (SSSR count). The molecule has 3 aromatic rings. The first kappa shape index (κ1) is 18.3. The maximum atomic E-state index is 13.0. The zero-order chi connectivity index (χ0) is 19.5. The van der Waals surface area contributed by atoms with Crippen LogP contribution in [0.4, 0.5) is 0 Å². The number of aliphatic hydroxyl groups is 1. The zero-order valence-electron chi connectivity index (χ0n) is 15.8. The molecule has 0 bridgehead atoms. The van der Waals surface area contributed by atoms with Gasteiger partial charge in [0.2, 0.25) is 0 Å². The predicted octanol–water partition coefficient (Wildman–Crippen LogP) is 2.46. The first-order chi connectivity index (χ1) is 13.6. The van der Waals surface area contributed by atoms with Gasteiger partial charge in [-0.25, -0.2) is 15.0 Å². The smallest absolute Gasteiger partial charge is 0.253 e. The van der Waals surface area contributed by atoms with E-state index in [1.54, 1.807) is 18.6 Å². The van der Waals surface area contributed by atoms with Crippen molar-refractivity contribution in [3.63, 3.8) is 0 Å². The predicted molar refractivity (Wildman–Crippen MR) is 104 cm³/mol. The van der Waals surface area contributed by atoms with Crippen molar-refractivity contribution in [3.05, 3.63) is 66.8 Å². The normalized spacial score (nSPS) is 16.1. The maximum absolute atomic E-state index is 13.0. The van der Waals surface area contributed by atoms with Crippen molar-refractivity contribution in [1.29, 1.82) is 0 Å². The minimum Gasteiger partial charge on any atom is -0.385 e. The second kappa shape index (κ2) is 7.90. The number of likely N-dealkylation sites (tertiary alicyclic amines) is 1. The molecule has 28 heavy (non-hydrogen) atoms. The lowest BCUT2D eigenvalue weighted by molar-refractivity contribution is 0.0420. The monoisotopic (exact) mass is 377 g/mol. The molecule has 144 valence electrons. The SMILES string of the molecule is Cn1ccnc1C(O)C1CCN(C(=O)c2cccc(-c3cncnc3)c2)CC1. The van der Waals surface area contributed by atoms with Gasteiger partial charge in [0.1, 0.15) is 18.3 Å². The van der Waals surface area contributed by atoms with Gasteiger partial charge in [-0.15, -0.1) is 0 Å². The Morgan fingerprint density at radius 1 is 1.18 bits per heavy atom. The molecule has 3 heterocycles. The molecule has 1 saturated heterocycles. The third-order valence-electron chi connectivity index (χ3n) is 5.40. The van der Waals surface area contributed by atoms with E-state index in [1.807, 2.05) is 47.0 Å². The highest BCUT2D eigenvalue weighted by molar-refractivity contribution is 5.95. The summed E-state index contributed by atoms with van der Waals surface area (Å²) in [5, 5.41) is 10.6. The average molecular weight is 377 g/mol. The quantitative estimate of drug-likeness (QED) is 0.755. The third kappa shape index (κ3) is 3.66. The Bertz CT molecular complexity index is 948.